The lowest BCUT2D eigenvalue weighted by molar-refractivity contribution is -0.155. The second-order valence-electron chi connectivity index (χ2n) is 11.4. The van der Waals surface area contributed by atoms with E-state index >= 15 is 0 Å². The van der Waals surface area contributed by atoms with Crippen LogP contribution in [0.1, 0.15) is 33.3 Å². The first-order chi connectivity index (χ1) is 22.2. The normalized spacial score (nSPS) is 13.3. The molecule has 3 atom stereocenters. The van der Waals surface area contributed by atoms with Gasteiger partial charge in [-0.2, -0.15) is 0 Å². The number of amides is 3. The number of alkyl halides is 2. The highest BCUT2D eigenvalue weighted by Crippen LogP contribution is 2.24. The average molecular weight is 678 g/mol. The van der Waals surface area contributed by atoms with E-state index in [1.807, 2.05) is 0 Å². The van der Waals surface area contributed by atoms with Crippen LogP contribution in [-0.4, -0.2) is 69.8 Å². The van der Waals surface area contributed by atoms with Gasteiger partial charge in [-0.05, 0) is 37.8 Å². The summed E-state index contributed by atoms with van der Waals surface area (Å²) in [5, 5.41) is 19.3. The van der Waals surface area contributed by atoms with Gasteiger partial charge in [0.15, 0.2) is 5.82 Å². The Balaban J connectivity index is 1.71. The number of esters is 1. The molecule has 3 unspecified atom stereocenters. The highest BCUT2D eigenvalue weighted by atomic mass is 32.1. The number of aliphatic hydroxyl groups is 1. The van der Waals surface area contributed by atoms with Crippen molar-refractivity contribution in [3.63, 3.8) is 0 Å². The fourth-order valence-electron chi connectivity index (χ4n) is 4.32. The summed E-state index contributed by atoms with van der Waals surface area (Å²) in [5.41, 5.74) is -1.19. The zero-order valence-corrected chi connectivity index (χ0v) is 27.0. The summed E-state index contributed by atoms with van der Waals surface area (Å²) in [6.07, 6.45) is -4.60. The van der Waals surface area contributed by atoms with Gasteiger partial charge in [-0.3, -0.25) is 29.1 Å². The van der Waals surface area contributed by atoms with Crippen LogP contribution >= 0.6 is 11.3 Å². The third-order valence-corrected chi connectivity index (χ3v) is 7.42. The van der Waals surface area contributed by atoms with Crippen molar-refractivity contribution in [1.29, 1.82) is 0 Å². The van der Waals surface area contributed by atoms with Gasteiger partial charge in [-0.15, -0.1) is 11.3 Å². The lowest BCUT2D eigenvalue weighted by atomic mass is 9.88. The van der Waals surface area contributed by atoms with Gasteiger partial charge in [-0.25, -0.2) is 18.6 Å². The molecule has 4 N–H and O–H groups in total. The molecule has 0 saturated heterocycles. The zero-order valence-electron chi connectivity index (χ0n) is 26.2. The van der Waals surface area contributed by atoms with Crippen molar-refractivity contribution >= 4 is 40.9 Å². The number of nitrogens with zero attached hydrogens (tertiary/aromatic N) is 2. The second kappa shape index (κ2) is 16.7. The largest absolute Gasteiger partial charge is 0.459 e. The van der Waals surface area contributed by atoms with Crippen LogP contribution < -0.4 is 21.5 Å². The number of ether oxygens (including phenoxy) is 2. The molecule has 0 radical (unpaired) electrons. The van der Waals surface area contributed by atoms with Crippen LogP contribution in [0.5, 0.6) is 0 Å². The summed E-state index contributed by atoms with van der Waals surface area (Å²) in [7, 11) is 0. The van der Waals surface area contributed by atoms with Crippen LogP contribution in [0.2, 0.25) is 0 Å². The number of nitrogens with one attached hydrogen (secondary N) is 3. The van der Waals surface area contributed by atoms with Gasteiger partial charge in [0.05, 0.1) is 23.1 Å². The van der Waals surface area contributed by atoms with Crippen molar-refractivity contribution in [2.45, 2.75) is 59.0 Å². The van der Waals surface area contributed by atoms with E-state index in [-0.39, 0.29) is 18.1 Å². The zero-order chi connectivity index (χ0) is 34.7. The highest BCUT2D eigenvalue weighted by Gasteiger charge is 2.37. The second-order valence-corrected chi connectivity index (χ2v) is 12.4. The summed E-state index contributed by atoms with van der Waals surface area (Å²) >= 11 is 1.24. The van der Waals surface area contributed by atoms with Gasteiger partial charge in [-0.1, -0.05) is 43.3 Å². The van der Waals surface area contributed by atoms with Gasteiger partial charge in [0.1, 0.15) is 31.0 Å². The van der Waals surface area contributed by atoms with E-state index in [0.29, 0.717) is 4.88 Å². The minimum Gasteiger partial charge on any atom is -0.459 e. The molecule has 13 nitrogen and oxygen atoms in total. The fraction of sp³-hybridized carbons (Fsp3) is 0.419. The highest BCUT2D eigenvalue weighted by molar-refractivity contribution is 7.13. The Bertz CT molecular complexity index is 1580. The molecule has 2 heterocycles. The SMILES string of the molecule is CC(C(F)F)C(C(=O)NCC(=O)OC(C)(C)C)C(O)CNC(=O)Cn1c(-c2cccs2)ncc(NC(=O)OCc2ccccc2)c1=O. The summed E-state index contributed by atoms with van der Waals surface area (Å²) in [6, 6.07) is 12.2. The van der Waals surface area contributed by atoms with Crippen molar-refractivity contribution in [2.24, 2.45) is 11.8 Å². The molecule has 3 amide bonds. The van der Waals surface area contributed by atoms with Crippen LogP contribution in [0, 0.1) is 11.8 Å². The molecular weight excluding hydrogens is 640 g/mol. The monoisotopic (exact) mass is 677 g/mol. The smallest absolute Gasteiger partial charge is 0.412 e. The van der Waals surface area contributed by atoms with E-state index in [4.69, 9.17) is 9.47 Å². The fourth-order valence-corrected chi connectivity index (χ4v) is 5.05. The number of halogens is 2. The molecule has 47 heavy (non-hydrogen) atoms. The van der Waals surface area contributed by atoms with E-state index in [1.165, 1.54) is 11.3 Å². The Labute approximate surface area is 273 Å². The Hall–Kier alpha value is -4.70. The Kier molecular flexibility index (Phi) is 13.1. The molecule has 1 aromatic carbocycles. The van der Waals surface area contributed by atoms with E-state index in [9.17, 15) is 37.9 Å². The van der Waals surface area contributed by atoms with Crippen molar-refractivity contribution in [1.82, 2.24) is 20.2 Å². The number of anilines is 1. The van der Waals surface area contributed by atoms with Crippen LogP contribution in [0.25, 0.3) is 10.7 Å². The molecule has 254 valence electrons. The summed E-state index contributed by atoms with van der Waals surface area (Å²) < 4.78 is 38.5. The Morgan fingerprint density at radius 2 is 1.77 bits per heavy atom. The van der Waals surface area contributed by atoms with Crippen LogP contribution in [0.3, 0.4) is 0 Å². The number of thiophene rings is 1. The predicted octanol–water partition coefficient (Wildman–Crippen LogP) is 3.17. The van der Waals surface area contributed by atoms with Crippen LogP contribution in [0.15, 0.2) is 58.8 Å². The predicted molar refractivity (Wildman–Crippen MR) is 169 cm³/mol. The molecule has 0 bridgehead atoms. The number of rotatable bonds is 14. The number of benzene rings is 1. The van der Waals surface area contributed by atoms with Gasteiger partial charge in [0.25, 0.3) is 5.56 Å². The molecule has 0 aliphatic carbocycles. The Morgan fingerprint density at radius 3 is 2.38 bits per heavy atom. The summed E-state index contributed by atoms with van der Waals surface area (Å²) in [5.74, 6) is -5.93. The molecule has 0 aliphatic rings. The van der Waals surface area contributed by atoms with Crippen molar-refractivity contribution < 1.29 is 42.5 Å². The maximum atomic E-state index is 13.6. The van der Waals surface area contributed by atoms with E-state index in [1.54, 1.807) is 68.6 Å². The first-order valence-corrected chi connectivity index (χ1v) is 15.4. The molecule has 3 rings (SSSR count). The molecule has 0 aliphatic heterocycles. The van der Waals surface area contributed by atoms with Crippen molar-refractivity contribution in [3.05, 3.63) is 70.0 Å². The van der Waals surface area contributed by atoms with Gasteiger partial charge >= 0.3 is 12.1 Å². The summed E-state index contributed by atoms with van der Waals surface area (Å²) in [6.45, 7) is 3.94. The number of carbonyl (C=O) groups is 4. The summed E-state index contributed by atoms with van der Waals surface area (Å²) in [4.78, 5) is 68.4. The number of aromatic nitrogens is 2. The van der Waals surface area contributed by atoms with E-state index in [2.05, 4.69) is 20.9 Å². The molecule has 0 saturated carbocycles. The first-order valence-electron chi connectivity index (χ1n) is 14.5. The third kappa shape index (κ3) is 11.2. The minimum atomic E-state index is -3.01. The van der Waals surface area contributed by atoms with E-state index in [0.717, 1.165) is 23.3 Å². The number of hydrogen-bond acceptors (Lipinski definition) is 10. The van der Waals surface area contributed by atoms with Crippen LogP contribution in [-0.2, 0) is 37.0 Å². The molecule has 0 fully saturated rings. The van der Waals surface area contributed by atoms with Crippen molar-refractivity contribution in [2.75, 3.05) is 18.4 Å². The van der Waals surface area contributed by atoms with Gasteiger partial charge in [0.2, 0.25) is 18.2 Å². The van der Waals surface area contributed by atoms with Gasteiger partial charge < -0.3 is 25.2 Å². The molecule has 3 aromatic rings. The molecule has 2 aromatic heterocycles. The van der Waals surface area contributed by atoms with Crippen LogP contribution in [0.4, 0.5) is 19.3 Å². The van der Waals surface area contributed by atoms with Crippen molar-refractivity contribution in [3.8, 4) is 10.7 Å². The lowest BCUT2D eigenvalue weighted by Crippen LogP contribution is -2.49. The Morgan fingerprint density at radius 1 is 1.06 bits per heavy atom. The maximum absolute atomic E-state index is 13.6. The third-order valence-electron chi connectivity index (χ3n) is 6.56. The lowest BCUT2D eigenvalue weighted by Gasteiger charge is -2.27. The molecular formula is C31H37F2N5O8S. The number of carbonyl (C=O) groups excluding carboxylic acids is 4. The molecule has 16 heteroatoms. The molecule has 0 spiro atoms. The topological polar surface area (TPSA) is 178 Å². The number of aliphatic hydroxyl groups excluding tert-OH is 1. The first kappa shape index (κ1) is 36.8. The maximum Gasteiger partial charge on any atom is 0.412 e. The quantitative estimate of drug-likeness (QED) is 0.187. The van der Waals surface area contributed by atoms with E-state index < -0.39 is 79.0 Å². The van der Waals surface area contributed by atoms with Gasteiger partial charge in [0, 0.05) is 12.5 Å². The number of hydrogen-bond donors (Lipinski definition) is 4. The minimum absolute atomic E-state index is 0.0590. The average Bonchev–Trinajstić information content (AvgIpc) is 3.54. The standard InChI is InChI=1S/C31H37F2N5O8S/c1-18(26(32)33)25(28(42)36-15-24(41)46-31(2,3)4)21(39)14-34-23(40)16-38-27(22-11-8-12-47-22)35-13-20(29(38)43)37-30(44)45-17-19-9-6-5-7-10-19/h5-13,18,21,25-26,39H,14-17H2,1-4H3,(H,34,40)(H,36,42)(H,37,44).